The third-order valence-corrected chi connectivity index (χ3v) is 3.08. The predicted octanol–water partition coefficient (Wildman–Crippen LogP) is 1.67. The Labute approximate surface area is 110 Å². The molecule has 96 valence electrons. The van der Waals surface area contributed by atoms with Gasteiger partial charge in [-0.25, -0.2) is 0 Å². The molecule has 0 amide bonds. The van der Waals surface area contributed by atoms with Gasteiger partial charge in [0.15, 0.2) is 0 Å². The van der Waals surface area contributed by atoms with Crippen LogP contribution >= 0.6 is 0 Å². The summed E-state index contributed by atoms with van der Waals surface area (Å²) in [5, 5.41) is 14.3. The maximum atomic E-state index is 9.02. The summed E-state index contributed by atoms with van der Waals surface area (Å²) in [6, 6.07) is 7.68. The van der Waals surface area contributed by atoms with E-state index >= 15 is 0 Å². The molecule has 0 aliphatic carbocycles. The average molecular weight is 254 g/mol. The highest BCUT2D eigenvalue weighted by Crippen LogP contribution is 2.28. The minimum absolute atomic E-state index is 0.0549. The van der Waals surface area contributed by atoms with Gasteiger partial charge in [0.1, 0.15) is 0 Å². The van der Waals surface area contributed by atoms with Crippen LogP contribution in [0.4, 0.5) is 5.69 Å². The summed E-state index contributed by atoms with van der Waals surface area (Å²) < 4.78 is 1.75. The van der Waals surface area contributed by atoms with Crippen LogP contribution in [0.3, 0.4) is 0 Å². The van der Waals surface area contributed by atoms with Crippen molar-refractivity contribution in [2.45, 2.75) is 6.54 Å². The molecule has 19 heavy (non-hydrogen) atoms. The molecule has 2 aromatic heterocycles. The minimum Gasteiger partial charge on any atom is -0.399 e. The van der Waals surface area contributed by atoms with Crippen molar-refractivity contribution in [1.29, 1.82) is 0 Å². The van der Waals surface area contributed by atoms with Gasteiger partial charge in [-0.05, 0) is 17.7 Å². The van der Waals surface area contributed by atoms with E-state index in [4.69, 9.17) is 10.8 Å². The van der Waals surface area contributed by atoms with Crippen LogP contribution in [0.2, 0.25) is 0 Å². The van der Waals surface area contributed by atoms with Gasteiger partial charge in [0, 0.05) is 22.8 Å². The second-order valence-electron chi connectivity index (χ2n) is 4.34. The van der Waals surface area contributed by atoms with Crippen LogP contribution in [-0.2, 0) is 6.54 Å². The molecule has 0 fully saturated rings. The van der Waals surface area contributed by atoms with Gasteiger partial charge in [0.2, 0.25) is 0 Å². The summed E-state index contributed by atoms with van der Waals surface area (Å²) >= 11 is 0. The quantitative estimate of drug-likeness (QED) is 0.697. The highest BCUT2D eigenvalue weighted by atomic mass is 16.3. The van der Waals surface area contributed by atoms with Crippen LogP contribution in [-0.4, -0.2) is 26.5 Å². The van der Waals surface area contributed by atoms with Gasteiger partial charge < -0.3 is 10.8 Å². The summed E-state index contributed by atoms with van der Waals surface area (Å²) in [5.74, 6) is 0. The monoisotopic (exact) mass is 254 g/mol. The summed E-state index contributed by atoms with van der Waals surface area (Å²) in [5.41, 5.74) is 9.46. The zero-order chi connectivity index (χ0) is 13.2. The van der Waals surface area contributed by atoms with E-state index in [1.165, 1.54) is 0 Å². The molecule has 1 aromatic carbocycles. The normalized spacial score (nSPS) is 11.0. The van der Waals surface area contributed by atoms with Gasteiger partial charge in [0.25, 0.3) is 0 Å². The number of aliphatic hydroxyl groups excluding tert-OH is 1. The van der Waals surface area contributed by atoms with E-state index in [9.17, 15) is 0 Å². The van der Waals surface area contributed by atoms with Crippen LogP contribution in [0.25, 0.3) is 22.0 Å². The smallest absolute Gasteiger partial charge is 0.0872 e. The number of anilines is 1. The number of nitrogens with two attached hydrogens (primary N) is 1. The molecule has 3 aromatic rings. The lowest BCUT2D eigenvalue weighted by Gasteiger charge is -2.05. The second kappa shape index (κ2) is 4.70. The number of aliphatic hydroxyl groups is 1. The summed E-state index contributed by atoms with van der Waals surface area (Å²) in [6.45, 7) is 0.519. The fourth-order valence-electron chi connectivity index (χ4n) is 2.20. The van der Waals surface area contributed by atoms with Crippen molar-refractivity contribution in [3.8, 4) is 11.1 Å². The van der Waals surface area contributed by atoms with Crippen LogP contribution < -0.4 is 5.73 Å². The lowest BCUT2D eigenvalue weighted by Crippen LogP contribution is -2.03. The Morgan fingerprint density at radius 1 is 1.21 bits per heavy atom. The Morgan fingerprint density at radius 3 is 2.89 bits per heavy atom. The van der Waals surface area contributed by atoms with Gasteiger partial charge in [-0.15, -0.1) is 0 Å². The molecule has 3 rings (SSSR count). The van der Waals surface area contributed by atoms with E-state index in [1.54, 1.807) is 17.1 Å². The second-order valence-corrected chi connectivity index (χ2v) is 4.34. The van der Waals surface area contributed by atoms with Crippen molar-refractivity contribution in [1.82, 2.24) is 14.8 Å². The van der Waals surface area contributed by atoms with E-state index in [0.29, 0.717) is 6.54 Å². The number of aromatic nitrogens is 3. The van der Waals surface area contributed by atoms with E-state index in [2.05, 4.69) is 10.1 Å². The van der Waals surface area contributed by atoms with Crippen molar-refractivity contribution in [2.75, 3.05) is 12.3 Å². The maximum Gasteiger partial charge on any atom is 0.0872 e. The molecule has 0 aliphatic heterocycles. The van der Waals surface area contributed by atoms with Crippen LogP contribution in [0.15, 0.2) is 42.9 Å². The molecule has 0 atom stereocenters. The maximum absolute atomic E-state index is 9.02. The van der Waals surface area contributed by atoms with E-state index < -0.39 is 0 Å². The van der Waals surface area contributed by atoms with E-state index in [1.807, 2.05) is 30.5 Å². The number of pyridine rings is 1. The van der Waals surface area contributed by atoms with Gasteiger partial charge in [0.05, 0.1) is 31.1 Å². The first kappa shape index (κ1) is 11.7. The Balaban J connectivity index is 2.19. The molecule has 0 spiro atoms. The number of fused-ring (bicyclic) bond motifs is 1. The third kappa shape index (κ3) is 2.04. The first-order valence-electron chi connectivity index (χ1n) is 6.06. The number of hydrogen-bond donors (Lipinski definition) is 2. The van der Waals surface area contributed by atoms with Gasteiger partial charge in [-0.2, -0.15) is 5.10 Å². The molecule has 0 bridgehead atoms. The van der Waals surface area contributed by atoms with Crippen LogP contribution in [0.5, 0.6) is 0 Å². The molecular weight excluding hydrogens is 240 g/mol. The predicted molar refractivity (Wildman–Crippen MR) is 74.5 cm³/mol. The third-order valence-electron chi connectivity index (χ3n) is 3.08. The fraction of sp³-hybridized carbons (Fsp3) is 0.143. The standard InChI is InChI=1S/C14H14N4O/c15-11-3-1-2-10(6-11)12-7-16-9-14-13(12)8-17-18(14)4-5-19/h1-3,6-9,19H,4-5,15H2. The number of nitrogens with zero attached hydrogens (tertiary/aromatic N) is 3. The largest absolute Gasteiger partial charge is 0.399 e. The topological polar surface area (TPSA) is 77.0 Å². The molecule has 0 unspecified atom stereocenters. The number of nitrogen functional groups attached to an aromatic ring is 1. The zero-order valence-corrected chi connectivity index (χ0v) is 10.3. The highest BCUT2D eigenvalue weighted by molar-refractivity contribution is 5.94. The minimum atomic E-state index is 0.0549. The Morgan fingerprint density at radius 2 is 2.11 bits per heavy atom. The lowest BCUT2D eigenvalue weighted by molar-refractivity contribution is 0.271. The van der Waals surface area contributed by atoms with E-state index in [-0.39, 0.29) is 6.61 Å². The first-order valence-corrected chi connectivity index (χ1v) is 6.06. The molecule has 0 radical (unpaired) electrons. The number of benzene rings is 1. The SMILES string of the molecule is Nc1cccc(-c2cncc3c2cnn3CCO)c1. The van der Waals surface area contributed by atoms with Crippen molar-refractivity contribution in [3.63, 3.8) is 0 Å². The van der Waals surface area contributed by atoms with Gasteiger partial charge >= 0.3 is 0 Å². The molecule has 5 heteroatoms. The summed E-state index contributed by atoms with van der Waals surface area (Å²) in [6.07, 6.45) is 5.36. The lowest BCUT2D eigenvalue weighted by atomic mass is 10.0. The highest BCUT2D eigenvalue weighted by Gasteiger charge is 2.09. The molecule has 0 saturated heterocycles. The molecule has 5 nitrogen and oxygen atoms in total. The van der Waals surface area contributed by atoms with E-state index in [0.717, 1.165) is 27.7 Å². The Hall–Kier alpha value is -2.40. The van der Waals surface area contributed by atoms with Gasteiger partial charge in [-0.1, -0.05) is 12.1 Å². The first-order chi connectivity index (χ1) is 9.29. The zero-order valence-electron chi connectivity index (χ0n) is 10.3. The molecule has 2 heterocycles. The van der Waals surface area contributed by atoms with Crippen molar-refractivity contribution in [3.05, 3.63) is 42.9 Å². The Bertz CT molecular complexity index is 720. The Kier molecular flexibility index (Phi) is 2.89. The molecular formula is C14H14N4O. The van der Waals surface area contributed by atoms with Crippen molar-refractivity contribution >= 4 is 16.6 Å². The fourth-order valence-corrected chi connectivity index (χ4v) is 2.20. The molecule has 3 N–H and O–H groups in total. The van der Waals surface area contributed by atoms with Gasteiger partial charge in [-0.3, -0.25) is 9.67 Å². The van der Waals surface area contributed by atoms with Crippen molar-refractivity contribution in [2.24, 2.45) is 0 Å². The van der Waals surface area contributed by atoms with Crippen LogP contribution in [0, 0.1) is 0 Å². The van der Waals surface area contributed by atoms with Crippen LogP contribution in [0.1, 0.15) is 0 Å². The molecule has 0 saturated carbocycles. The summed E-state index contributed by atoms with van der Waals surface area (Å²) in [7, 11) is 0. The van der Waals surface area contributed by atoms with Crippen molar-refractivity contribution < 1.29 is 5.11 Å². The number of rotatable bonds is 3. The summed E-state index contributed by atoms with van der Waals surface area (Å²) in [4.78, 5) is 4.25. The average Bonchev–Trinajstić information content (AvgIpc) is 2.83. The molecule has 0 aliphatic rings. The number of hydrogen-bond acceptors (Lipinski definition) is 4.